The van der Waals surface area contributed by atoms with E-state index in [0.29, 0.717) is 17.9 Å². The van der Waals surface area contributed by atoms with Crippen molar-refractivity contribution in [3.8, 4) is 5.75 Å². The number of carbonyl (C=O) groups excluding carboxylic acids is 1. The first-order chi connectivity index (χ1) is 9.74. The summed E-state index contributed by atoms with van der Waals surface area (Å²) in [5, 5.41) is 9.20. The van der Waals surface area contributed by atoms with Gasteiger partial charge in [0.1, 0.15) is 12.4 Å². The van der Waals surface area contributed by atoms with Gasteiger partial charge in [-0.1, -0.05) is 30.3 Å². The number of aliphatic hydroxyl groups is 1. The summed E-state index contributed by atoms with van der Waals surface area (Å²) in [5.41, 5.74) is 4.23. The second kappa shape index (κ2) is 6.70. The first kappa shape index (κ1) is 14.0. The molecule has 0 aliphatic rings. The summed E-state index contributed by atoms with van der Waals surface area (Å²) >= 11 is 0. The van der Waals surface area contributed by atoms with Crippen molar-refractivity contribution in [3.05, 3.63) is 65.2 Å². The molecule has 20 heavy (non-hydrogen) atoms. The smallest absolute Gasteiger partial charge is 0.265 e. The Bertz CT molecular complexity index is 582. The molecule has 4 N–H and O–H groups in total. The molecule has 0 bridgehead atoms. The van der Waals surface area contributed by atoms with Crippen LogP contribution in [-0.2, 0) is 13.2 Å². The minimum atomic E-state index is -0.330. The summed E-state index contributed by atoms with van der Waals surface area (Å²) in [5.74, 6) is 5.38. The fourth-order valence-electron chi connectivity index (χ4n) is 1.77. The topological polar surface area (TPSA) is 84.6 Å². The maximum atomic E-state index is 11.3. The minimum Gasteiger partial charge on any atom is -0.489 e. The van der Waals surface area contributed by atoms with Crippen LogP contribution in [0.5, 0.6) is 5.75 Å². The summed E-state index contributed by atoms with van der Waals surface area (Å²) in [6, 6.07) is 14.3. The van der Waals surface area contributed by atoms with E-state index in [0.717, 1.165) is 11.1 Å². The highest BCUT2D eigenvalue weighted by atomic mass is 16.5. The Morgan fingerprint density at radius 2 is 1.85 bits per heavy atom. The van der Waals surface area contributed by atoms with Crippen LogP contribution in [0, 0.1) is 0 Å². The van der Waals surface area contributed by atoms with Gasteiger partial charge in [-0.25, -0.2) is 5.84 Å². The van der Waals surface area contributed by atoms with E-state index in [1.165, 1.54) is 0 Å². The van der Waals surface area contributed by atoms with E-state index in [1.807, 2.05) is 24.3 Å². The SMILES string of the molecule is NNC(=O)c1ccc(COc2ccccc2CO)cc1. The van der Waals surface area contributed by atoms with Crippen LogP contribution in [0.15, 0.2) is 48.5 Å². The molecule has 1 amide bonds. The van der Waals surface area contributed by atoms with Crippen LogP contribution in [0.4, 0.5) is 0 Å². The van der Waals surface area contributed by atoms with Gasteiger partial charge in [-0.3, -0.25) is 10.2 Å². The highest BCUT2D eigenvalue weighted by molar-refractivity contribution is 5.93. The van der Waals surface area contributed by atoms with E-state index >= 15 is 0 Å². The van der Waals surface area contributed by atoms with Gasteiger partial charge in [0.05, 0.1) is 6.61 Å². The molecule has 0 heterocycles. The summed E-state index contributed by atoms with van der Waals surface area (Å²) in [6.45, 7) is 0.299. The minimum absolute atomic E-state index is 0.0637. The van der Waals surface area contributed by atoms with Crippen LogP contribution in [0.2, 0.25) is 0 Å². The van der Waals surface area contributed by atoms with E-state index in [4.69, 9.17) is 10.6 Å². The van der Waals surface area contributed by atoms with E-state index in [2.05, 4.69) is 5.43 Å². The summed E-state index contributed by atoms with van der Waals surface area (Å²) in [4.78, 5) is 11.3. The Hall–Kier alpha value is -2.37. The number of benzene rings is 2. The van der Waals surface area contributed by atoms with Crippen LogP contribution in [0.1, 0.15) is 21.5 Å². The number of nitrogen functional groups attached to an aromatic ring is 1. The third-order valence-electron chi connectivity index (χ3n) is 2.88. The van der Waals surface area contributed by atoms with Crippen LogP contribution in [-0.4, -0.2) is 11.0 Å². The molecule has 0 unspecified atom stereocenters. The van der Waals surface area contributed by atoms with Crippen LogP contribution in [0.25, 0.3) is 0 Å². The van der Waals surface area contributed by atoms with Crippen molar-refractivity contribution in [2.75, 3.05) is 0 Å². The van der Waals surface area contributed by atoms with Gasteiger partial charge in [-0.2, -0.15) is 0 Å². The van der Waals surface area contributed by atoms with Gasteiger partial charge in [-0.15, -0.1) is 0 Å². The highest BCUT2D eigenvalue weighted by Crippen LogP contribution is 2.19. The van der Waals surface area contributed by atoms with Crippen molar-refractivity contribution < 1.29 is 14.6 Å². The Kier molecular flexibility index (Phi) is 4.70. The summed E-state index contributed by atoms with van der Waals surface area (Å²) in [6.07, 6.45) is 0. The number of hydrogen-bond acceptors (Lipinski definition) is 4. The molecule has 2 aromatic carbocycles. The molecule has 0 aliphatic heterocycles. The quantitative estimate of drug-likeness (QED) is 0.436. The molecule has 0 aromatic heterocycles. The lowest BCUT2D eigenvalue weighted by Gasteiger charge is -2.10. The lowest BCUT2D eigenvalue weighted by molar-refractivity contribution is 0.0953. The number of carbonyl (C=O) groups is 1. The third kappa shape index (κ3) is 3.34. The molecular weight excluding hydrogens is 256 g/mol. The Labute approximate surface area is 117 Å². The zero-order valence-corrected chi connectivity index (χ0v) is 10.9. The van der Waals surface area contributed by atoms with Crippen LogP contribution in [0.3, 0.4) is 0 Å². The Balaban J connectivity index is 2.02. The van der Waals surface area contributed by atoms with E-state index < -0.39 is 0 Å². The third-order valence-corrected chi connectivity index (χ3v) is 2.88. The molecule has 5 heteroatoms. The molecule has 0 fully saturated rings. The number of rotatable bonds is 5. The van der Waals surface area contributed by atoms with E-state index in [1.54, 1.807) is 24.3 Å². The number of hydrazine groups is 1. The number of aliphatic hydroxyl groups excluding tert-OH is 1. The van der Waals surface area contributed by atoms with E-state index in [9.17, 15) is 9.90 Å². The summed E-state index contributed by atoms with van der Waals surface area (Å²) < 4.78 is 5.66. The maximum Gasteiger partial charge on any atom is 0.265 e. The molecule has 0 saturated carbocycles. The molecule has 0 radical (unpaired) electrons. The molecule has 0 saturated heterocycles. The van der Waals surface area contributed by atoms with Gasteiger partial charge in [0.2, 0.25) is 0 Å². The number of nitrogens with one attached hydrogen (secondary N) is 1. The molecule has 104 valence electrons. The van der Waals surface area contributed by atoms with Gasteiger partial charge in [0, 0.05) is 11.1 Å². The fraction of sp³-hybridized carbons (Fsp3) is 0.133. The molecule has 5 nitrogen and oxygen atoms in total. The normalized spacial score (nSPS) is 10.1. The predicted octanol–water partition coefficient (Wildman–Crippen LogP) is 1.36. The number of ether oxygens (including phenoxy) is 1. The largest absolute Gasteiger partial charge is 0.489 e. The van der Waals surface area contributed by atoms with Gasteiger partial charge >= 0.3 is 0 Å². The van der Waals surface area contributed by atoms with Gasteiger partial charge in [-0.05, 0) is 23.8 Å². The van der Waals surface area contributed by atoms with Gasteiger partial charge in [0.15, 0.2) is 0 Å². The van der Waals surface area contributed by atoms with Crippen molar-refractivity contribution in [3.63, 3.8) is 0 Å². The van der Waals surface area contributed by atoms with Crippen molar-refractivity contribution in [1.82, 2.24) is 5.43 Å². The van der Waals surface area contributed by atoms with Crippen LogP contribution >= 0.6 is 0 Å². The molecular formula is C15H16N2O3. The lowest BCUT2D eigenvalue weighted by Crippen LogP contribution is -2.29. The van der Waals surface area contributed by atoms with Gasteiger partial charge < -0.3 is 9.84 Å². The standard InChI is InChI=1S/C15H16N2O3/c16-17-15(19)12-7-5-11(6-8-12)10-20-14-4-2-1-3-13(14)9-18/h1-8,18H,9-10,16H2,(H,17,19). The average Bonchev–Trinajstić information content (AvgIpc) is 2.53. The Morgan fingerprint density at radius 1 is 1.15 bits per heavy atom. The van der Waals surface area contributed by atoms with Gasteiger partial charge in [0.25, 0.3) is 5.91 Å². The highest BCUT2D eigenvalue weighted by Gasteiger charge is 2.04. The van der Waals surface area contributed by atoms with Crippen molar-refractivity contribution >= 4 is 5.91 Å². The average molecular weight is 272 g/mol. The zero-order chi connectivity index (χ0) is 14.4. The zero-order valence-electron chi connectivity index (χ0n) is 10.9. The second-order valence-corrected chi connectivity index (χ2v) is 4.22. The molecule has 0 spiro atoms. The molecule has 0 aliphatic carbocycles. The van der Waals surface area contributed by atoms with Crippen LogP contribution < -0.4 is 16.0 Å². The number of hydrogen-bond donors (Lipinski definition) is 3. The van der Waals surface area contributed by atoms with Crippen molar-refractivity contribution in [1.29, 1.82) is 0 Å². The second-order valence-electron chi connectivity index (χ2n) is 4.22. The molecule has 0 atom stereocenters. The predicted molar refractivity (Wildman–Crippen MR) is 74.8 cm³/mol. The summed E-state index contributed by atoms with van der Waals surface area (Å²) in [7, 11) is 0. The first-order valence-corrected chi connectivity index (χ1v) is 6.16. The van der Waals surface area contributed by atoms with E-state index in [-0.39, 0.29) is 12.5 Å². The maximum absolute atomic E-state index is 11.3. The number of amides is 1. The monoisotopic (exact) mass is 272 g/mol. The first-order valence-electron chi connectivity index (χ1n) is 6.16. The van der Waals surface area contributed by atoms with Crippen molar-refractivity contribution in [2.45, 2.75) is 13.2 Å². The fourth-order valence-corrected chi connectivity index (χ4v) is 1.77. The molecule has 2 rings (SSSR count). The Morgan fingerprint density at radius 3 is 2.50 bits per heavy atom. The van der Waals surface area contributed by atoms with Crippen molar-refractivity contribution in [2.24, 2.45) is 5.84 Å². The number of nitrogens with two attached hydrogens (primary N) is 1. The number of para-hydroxylation sites is 1. The lowest BCUT2D eigenvalue weighted by atomic mass is 10.1. The molecule has 2 aromatic rings.